The van der Waals surface area contributed by atoms with E-state index in [4.69, 9.17) is 0 Å². The van der Waals surface area contributed by atoms with E-state index >= 15 is 0 Å². The molecule has 0 bridgehead atoms. The molecule has 4 nitrogen and oxygen atoms in total. The number of halogens is 1. The van der Waals surface area contributed by atoms with Gasteiger partial charge >= 0.3 is 0 Å². The summed E-state index contributed by atoms with van der Waals surface area (Å²) in [4.78, 5) is 11.9. The number of aromatic nitrogens is 2. The van der Waals surface area contributed by atoms with Crippen molar-refractivity contribution in [3.63, 3.8) is 0 Å². The molecule has 17 heavy (non-hydrogen) atoms. The van der Waals surface area contributed by atoms with Crippen LogP contribution in [0.1, 0.15) is 33.1 Å². The smallest absolute Gasteiger partial charge is 0.283 e. The zero-order chi connectivity index (χ0) is 12.4. The van der Waals surface area contributed by atoms with E-state index in [-0.39, 0.29) is 5.56 Å². The number of hydrogen-bond donors (Lipinski definition) is 1. The number of hydrogen-bond acceptors (Lipinski definition) is 3. The average molecular weight is 300 g/mol. The van der Waals surface area contributed by atoms with Crippen molar-refractivity contribution in [1.82, 2.24) is 9.78 Å². The Morgan fingerprint density at radius 2 is 2.35 bits per heavy atom. The van der Waals surface area contributed by atoms with Crippen LogP contribution >= 0.6 is 15.9 Å². The minimum absolute atomic E-state index is 0.0665. The first-order chi connectivity index (χ1) is 8.13. The number of nitrogens with one attached hydrogen (secondary N) is 1. The number of nitrogens with zero attached hydrogens (tertiary/aromatic N) is 2. The van der Waals surface area contributed by atoms with Gasteiger partial charge in [-0.15, -0.1) is 0 Å². The first kappa shape index (κ1) is 12.6. The van der Waals surface area contributed by atoms with Gasteiger partial charge in [0, 0.05) is 12.6 Å². The van der Waals surface area contributed by atoms with Gasteiger partial charge in [0.25, 0.3) is 5.56 Å². The Morgan fingerprint density at radius 1 is 1.59 bits per heavy atom. The van der Waals surface area contributed by atoms with Gasteiger partial charge in [-0.25, -0.2) is 4.68 Å². The summed E-state index contributed by atoms with van der Waals surface area (Å²) in [6.45, 7) is 4.75. The van der Waals surface area contributed by atoms with Crippen molar-refractivity contribution in [2.45, 2.75) is 45.7 Å². The summed E-state index contributed by atoms with van der Waals surface area (Å²) in [7, 11) is 0. The monoisotopic (exact) mass is 299 g/mol. The average Bonchev–Trinajstić information content (AvgIpc) is 2.71. The van der Waals surface area contributed by atoms with Crippen LogP contribution in [0.2, 0.25) is 0 Å². The van der Waals surface area contributed by atoms with Gasteiger partial charge in [0.15, 0.2) is 0 Å². The third-order valence-electron chi connectivity index (χ3n) is 3.49. The minimum atomic E-state index is -0.0665. The molecule has 1 saturated carbocycles. The topological polar surface area (TPSA) is 46.9 Å². The van der Waals surface area contributed by atoms with Crippen molar-refractivity contribution in [3.8, 4) is 0 Å². The van der Waals surface area contributed by atoms with E-state index in [2.05, 4.69) is 33.3 Å². The van der Waals surface area contributed by atoms with Crippen LogP contribution in [0, 0.1) is 5.92 Å². The van der Waals surface area contributed by atoms with Crippen molar-refractivity contribution >= 4 is 21.6 Å². The molecule has 5 heteroatoms. The first-order valence-electron chi connectivity index (χ1n) is 6.15. The molecule has 1 aromatic heterocycles. The van der Waals surface area contributed by atoms with Crippen LogP contribution < -0.4 is 10.9 Å². The first-order valence-corrected chi connectivity index (χ1v) is 6.95. The number of aryl methyl sites for hydroxylation is 1. The lowest BCUT2D eigenvalue weighted by molar-refractivity contribution is 0.553. The SMILES string of the molecule is CCn1ncc(NC2CCCC2C)c(Br)c1=O. The fraction of sp³-hybridized carbons (Fsp3) is 0.667. The molecule has 2 unspecified atom stereocenters. The summed E-state index contributed by atoms with van der Waals surface area (Å²) in [6, 6.07) is 0.463. The highest BCUT2D eigenvalue weighted by atomic mass is 79.9. The molecule has 2 atom stereocenters. The molecule has 0 saturated heterocycles. The largest absolute Gasteiger partial charge is 0.380 e. The highest BCUT2D eigenvalue weighted by Crippen LogP contribution is 2.29. The molecule has 1 N–H and O–H groups in total. The lowest BCUT2D eigenvalue weighted by atomic mass is 10.1. The molecule has 1 aliphatic carbocycles. The van der Waals surface area contributed by atoms with Gasteiger partial charge in [0.1, 0.15) is 4.47 Å². The van der Waals surface area contributed by atoms with Crippen LogP contribution in [-0.2, 0) is 6.54 Å². The van der Waals surface area contributed by atoms with Crippen LogP contribution in [0.5, 0.6) is 0 Å². The van der Waals surface area contributed by atoms with Crippen LogP contribution in [0.25, 0.3) is 0 Å². The van der Waals surface area contributed by atoms with Crippen molar-refractivity contribution in [3.05, 3.63) is 21.0 Å². The van der Waals surface area contributed by atoms with E-state index in [0.29, 0.717) is 23.0 Å². The second-order valence-corrected chi connectivity index (χ2v) is 5.45. The molecular weight excluding hydrogens is 282 g/mol. The van der Waals surface area contributed by atoms with Crippen molar-refractivity contribution in [1.29, 1.82) is 0 Å². The molecular formula is C12H18BrN3O. The van der Waals surface area contributed by atoms with E-state index < -0.39 is 0 Å². The Balaban J connectivity index is 2.22. The minimum Gasteiger partial charge on any atom is -0.380 e. The van der Waals surface area contributed by atoms with Gasteiger partial charge in [-0.05, 0) is 41.6 Å². The van der Waals surface area contributed by atoms with Crippen molar-refractivity contribution < 1.29 is 0 Å². The number of anilines is 1. The van der Waals surface area contributed by atoms with Crippen molar-refractivity contribution in [2.24, 2.45) is 5.92 Å². The van der Waals surface area contributed by atoms with Crippen LogP contribution in [-0.4, -0.2) is 15.8 Å². The summed E-state index contributed by atoms with van der Waals surface area (Å²) >= 11 is 3.36. The highest BCUT2D eigenvalue weighted by Gasteiger charge is 2.24. The summed E-state index contributed by atoms with van der Waals surface area (Å²) in [5.74, 6) is 0.663. The molecule has 0 radical (unpaired) electrons. The Morgan fingerprint density at radius 3 is 2.94 bits per heavy atom. The Hall–Kier alpha value is -0.840. The maximum atomic E-state index is 11.9. The zero-order valence-electron chi connectivity index (χ0n) is 10.2. The fourth-order valence-electron chi connectivity index (χ4n) is 2.35. The maximum Gasteiger partial charge on any atom is 0.283 e. The van der Waals surface area contributed by atoms with E-state index in [9.17, 15) is 4.79 Å². The molecule has 0 aliphatic heterocycles. The lowest BCUT2D eigenvalue weighted by Gasteiger charge is -2.19. The van der Waals surface area contributed by atoms with Gasteiger partial charge in [0.2, 0.25) is 0 Å². The Kier molecular flexibility index (Phi) is 3.86. The predicted molar refractivity (Wildman–Crippen MR) is 72.3 cm³/mol. The highest BCUT2D eigenvalue weighted by molar-refractivity contribution is 9.10. The van der Waals surface area contributed by atoms with Gasteiger partial charge in [-0.2, -0.15) is 5.10 Å². The van der Waals surface area contributed by atoms with Crippen molar-refractivity contribution in [2.75, 3.05) is 5.32 Å². The van der Waals surface area contributed by atoms with E-state index in [0.717, 1.165) is 5.69 Å². The number of rotatable bonds is 3. The second kappa shape index (κ2) is 5.21. The van der Waals surface area contributed by atoms with Gasteiger partial charge in [-0.3, -0.25) is 4.79 Å². The van der Waals surface area contributed by atoms with Gasteiger partial charge in [0.05, 0.1) is 11.9 Å². The molecule has 2 rings (SSSR count). The summed E-state index contributed by atoms with van der Waals surface area (Å²) in [6.07, 6.45) is 5.43. The second-order valence-electron chi connectivity index (χ2n) is 4.65. The third-order valence-corrected chi connectivity index (χ3v) is 4.25. The summed E-state index contributed by atoms with van der Waals surface area (Å²) in [5.41, 5.74) is 0.751. The summed E-state index contributed by atoms with van der Waals surface area (Å²) in [5, 5.41) is 7.56. The molecule has 1 aliphatic rings. The Labute approximate surface area is 110 Å². The standard InChI is InChI=1S/C12H18BrN3O/c1-3-16-12(17)11(13)10(7-14-16)15-9-6-4-5-8(9)2/h7-9,15H,3-6H2,1-2H3. The van der Waals surface area contributed by atoms with Crippen LogP contribution in [0.3, 0.4) is 0 Å². The maximum absolute atomic E-state index is 11.9. The fourth-order valence-corrected chi connectivity index (χ4v) is 2.77. The quantitative estimate of drug-likeness (QED) is 0.933. The molecule has 0 aromatic carbocycles. The third kappa shape index (κ3) is 2.54. The van der Waals surface area contributed by atoms with Gasteiger partial charge < -0.3 is 5.32 Å². The van der Waals surface area contributed by atoms with E-state index in [1.54, 1.807) is 6.20 Å². The van der Waals surface area contributed by atoms with Crippen LogP contribution in [0.15, 0.2) is 15.5 Å². The van der Waals surface area contributed by atoms with E-state index in [1.165, 1.54) is 23.9 Å². The Bertz CT molecular complexity index is 458. The molecule has 0 spiro atoms. The van der Waals surface area contributed by atoms with E-state index in [1.807, 2.05) is 6.92 Å². The molecule has 1 fully saturated rings. The molecule has 94 valence electrons. The zero-order valence-corrected chi connectivity index (χ0v) is 11.8. The normalized spacial score (nSPS) is 23.9. The molecule has 1 aromatic rings. The predicted octanol–water partition coefficient (Wildman–Crippen LogP) is 2.63. The molecule has 1 heterocycles. The molecule has 0 amide bonds. The lowest BCUT2D eigenvalue weighted by Crippen LogP contribution is -2.27. The van der Waals surface area contributed by atoms with Crippen LogP contribution in [0.4, 0.5) is 5.69 Å². The summed E-state index contributed by atoms with van der Waals surface area (Å²) < 4.78 is 2.04. The van der Waals surface area contributed by atoms with Gasteiger partial charge in [-0.1, -0.05) is 13.3 Å².